The average molecular weight is 207 g/mol. The molecule has 0 bridgehead atoms. The molecule has 1 saturated carbocycles. The van der Waals surface area contributed by atoms with Crippen molar-refractivity contribution < 1.29 is 9.47 Å². The SMILES string of the molecule is COc1ccc(OC2CCCC2)cc1N. The zero-order valence-corrected chi connectivity index (χ0v) is 9.03. The molecule has 82 valence electrons. The van der Waals surface area contributed by atoms with E-state index in [-0.39, 0.29) is 0 Å². The largest absolute Gasteiger partial charge is 0.495 e. The van der Waals surface area contributed by atoms with Crippen LogP contribution in [0.3, 0.4) is 0 Å². The number of ether oxygens (including phenoxy) is 2. The molecule has 0 heterocycles. The maximum Gasteiger partial charge on any atom is 0.142 e. The maximum atomic E-state index is 5.82. The molecule has 3 heteroatoms. The van der Waals surface area contributed by atoms with Gasteiger partial charge in [-0.2, -0.15) is 0 Å². The number of benzene rings is 1. The second-order valence-electron chi connectivity index (χ2n) is 3.93. The van der Waals surface area contributed by atoms with Gasteiger partial charge in [0.1, 0.15) is 11.5 Å². The number of hydrogen-bond donors (Lipinski definition) is 1. The van der Waals surface area contributed by atoms with Gasteiger partial charge in [-0.05, 0) is 37.8 Å². The number of nitrogens with two attached hydrogens (primary N) is 1. The van der Waals surface area contributed by atoms with Crippen LogP contribution in [-0.2, 0) is 0 Å². The fourth-order valence-corrected chi connectivity index (χ4v) is 1.98. The first-order valence-corrected chi connectivity index (χ1v) is 5.40. The van der Waals surface area contributed by atoms with E-state index in [0.29, 0.717) is 17.5 Å². The molecule has 0 unspecified atom stereocenters. The van der Waals surface area contributed by atoms with Crippen LogP contribution >= 0.6 is 0 Å². The van der Waals surface area contributed by atoms with E-state index >= 15 is 0 Å². The lowest BCUT2D eigenvalue weighted by Gasteiger charge is -2.14. The lowest BCUT2D eigenvalue weighted by Crippen LogP contribution is -2.10. The first kappa shape index (κ1) is 10.1. The Labute approximate surface area is 90.2 Å². The second kappa shape index (κ2) is 4.43. The van der Waals surface area contributed by atoms with E-state index in [1.807, 2.05) is 18.2 Å². The summed E-state index contributed by atoms with van der Waals surface area (Å²) in [6, 6.07) is 5.59. The van der Waals surface area contributed by atoms with Gasteiger partial charge in [-0.3, -0.25) is 0 Å². The van der Waals surface area contributed by atoms with Gasteiger partial charge in [-0.1, -0.05) is 0 Å². The van der Waals surface area contributed by atoms with Gasteiger partial charge in [-0.15, -0.1) is 0 Å². The Morgan fingerprint density at radius 2 is 2.00 bits per heavy atom. The van der Waals surface area contributed by atoms with Crippen LogP contribution in [-0.4, -0.2) is 13.2 Å². The van der Waals surface area contributed by atoms with Crippen LogP contribution < -0.4 is 15.2 Å². The van der Waals surface area contributed by atoms with E-state index in [9.17, 15) is 0 Å². The average Bonchev–Trinajstić information content (AvgIpc) is 2.71. The van der Waals surface area contributed by atoms with E-state index in [4.69, 9.17) is 15.2 Å². The highest BCUT2D eigenvalue weighted by atomic mass is 16.5. The molecular formula is C12H17NO2. The van der Waals surface area contributed by atoms with Crippen LogP contribution in [0.1, 0.15) is 25.7 Å². The standard InChI is InChI=1S/C12H17NO2/c1-14-12-7-6-10(8-11(12)13)15-9-4-2-3-5-9/h6-9H,2-5,13H2,1H3. The number of rotatable bonds is 3. The van der Waals surface area contributed by atoms with Crippen LogP contribution in [0.2, 0.25) is 0 Å². The Hall–Kier alpha value is -1.38. The second-order valence-corrected chi connectivity index (χ2v) is 3.93. The Morgan fingerprint density at radius 3 is 2.60 bits per heavy atom. The molecule has 0 aliphatic heterocycles. The van der Waals surface area contributed by atoms with Crippen molar-refractivity contribution in [3.8, 4) is 11.5 Å². The van der Waals surface area contributed by atoms with E-state index in [1.165, 1.54) is 12.8 Å². The van der Waals surface area contributed by atoms with E-state index in [0.717, 1.165) is 18.6 Å². The Bertz CT molecular complexity index is 332. The molecule has 15 heavy (non-hydrogen) atoms. The molecule has 1 fully saturated rings. The van der Waals surface area contributed by atoms with Crippen LogP contribution in [0.4, 0.5) is 5.69 Å². The summed E-state index contributed by atoms with van der Waals surface area (Å²) in [6.07, 6.45) is 5.24. The first-order chi connectivity index (χ1) is 7.29. The predicted molar refractivity (Wildman–Crippen MR) is 60.3 cm³/mol. The van der Waals surface area contributed by atoms with Crippen LogP contribution in [0.15, 0.2) is 18.2 Å². The molecule has 0 spiro atoms. The summed E-state index contributed by atoms with van der Waals surface area (Å²) in [5.74, 6) is 1.55. The normalized spacial score (nSPS) is 16.6. The van der Waals surface area contributed by atoms with E-state index in [1.54, 1.807) is 7.11 Å². The Kier molecular flexibility index (Phi) is 2.99. The van der Waals surface area contributed by atoms with Crippen molar-refractivity contribution in [2.24, 2.45) is 0 Å². The molecule has 0 radical (unpaired) electrons. The smallest absolute Gasteiger partial charge is 0.142 e. The summed E-state index contributed by atoms with van der Waals surface area (Å²) in [4.78, 5) is 0. The quantitative estimate of drug-likeness (QED) is 0.775. The molecule has 0 aromatic heterocycles. The van der Waals surface area contributed by atoms with E-state index < -0.39 is 0 Å². The van der Waals surface area contributed by atoms with Gasteiger partial charge in [-0.25, -0.2) is 0 Å². The highest BCUT2D eigenvalue weighted by Crippen LogP contribution is 2.29. The molecule has 1 aromatic rings. The van der Waals surface area contributed by atoms with Gasteiger partial charge in [0.2, 0.25) is 0 Å². The van der Waals surface area contributed by atoms with Crippen molar-refractivity contribution in [2.45, 2.75) is 31.8 Å². The minimum atomic E-state index is 0.373. The van der Waals surface area contributed by atoms with Gasteiger partial charge < -0.3 is 15.2 Å². The summed E-state index contributed by atoms with van der Waals surface area (Å²) in [7, 11) is 1.61. The van der Waals surface area contributed by atoms with Gasteiger partial charge in [0.25, 0.3) is 0 Å². The topological polar surface area (TPSA) is 44.5 Å². The lowest BCUT2D eigenvalue weighted by molar-refractivity contribution is 0.210. The van der Waals surface area contributed by atoms with Crippen molar-refractivity contribution in [1.29, 1.82) is 0 Å². The summed E-state index contributed by atoms with van der Waals surface area (Å²) in [5, 5.41) is 0. The van der Waals surface area contributed by atoms with Crippen molar-refractivity contribution in [3.63, 3.8) is 0 Å². The molecule has 1 aliphatic carbocycles. The van der Waals surface area contributed by atoms with Crippen LogP contribution in [0, 0.1) is 0 Å². The third kappa shape index (κ3) is 2.35. The van der Waals surface area contributed by atoms with E-state index in [2.05, 4.69) is 0 Å². The third-order valence-corrected chi connectivity index (χ3v) is 2.81. The van der Waals surface area contributed by atoms with Crippen LogP contribution in [0.5, 0.6) is 11.5 Å². The molecule has 2 N–H and O–H groups in total. The minimum absolute atomic E-state index is 0.373. The van der Waals surface area contributed by atoms with Crippen molar-refractivity contribution in [2.75, 3.05) is 12.8 Å². The number of anilines is 1. The zero-order chi connectivity index (χ0) is 10.7. The molecule has 0 saturated heterocycles. The summed E-state index contributed by atoms with van der Waals surface area (Å²) >= 11 is 0. The zero-order valence-electron chi connectivity index (χ0n) is 9.03. The van der Waals surface area contributed by atoms with Crippen molar-refractivity contribution in [1.82, 2.24) is 0 Å². The van der Waals surface area contributed by atoms with Gasteiger partial charge in [0, 0.05) is 6.07 Å². The van der Waals surface area contributed by atoms with Gasteiger partial charge >= 0.3 is 0 Å². The number of methoxy groups -OCH3 is 1. The first-order valence-electron chi connectivity index (χ1n) is 5.40. The Morgan fingerprint density at radius 1 is 1.27 bits per heavy atom. The van der Waals surface area contributed by atoms with Crippen molar-refractivity contribution >= 4 is 5.69 Å². The summed E-state index contributed by atoms with van der Waals surface area (Å²) in [6.45, 7) is 0. The fraction of sp³-hybridized carbons (Fsp3) is 0.500. The summed E-state index contributed by atoms with van der Waals surface area (Å²) in [5.41, 5.74) is 6.43. The molecule has 2 rings (SSSR count). The van der Waals surface area contributed by atoms with Gasteiger partial charge in [0.05, 0.1) is 18.9 Å². The highest BCUT2D eigenvalue weighted by Gasteiger charge is 2.16. The molecule has 1 aromatic carbocycles. The van der Waals surface area contributed by atoms with Gasteiger partial charge in [0.15, 0.2) is 0 Å². The number of hydrogen-bond acceptors (Lipinski definition) is 3. The minimum Gasteiger partial charge on any atom is -0.495 e. The molecule has 3 nitrogen and oxygen atoms in total. The van der Waals surface area contributed by atoms with Crippen molar-refractivity contribution in [3.05, 3.63) is 18.2 Å². The molecule has 0 atom stereocenters. The van der Waals surface area contributed by atoms with Crippen LogP contribution in [0.25, 0.3) is 0 Å². The number of nitrogen functional groups attached to an aromatic ring is 1. The molecular weight excluding hydrogens is 190 g/mol. The molecule has 0 amide bonds. The third-order valence-electron chi connectivity index (χ3n) is 2.81. The fourth-order valence-electron chi connectivity index (χ4n) is 1.98. The molecule has 1 aliphatic rings. The lowest BCUT2D eigenvalue weighted by atomic mass is 10.2. The highest BCUT2D eigenvalue weighted by molar-refractivity contribution is 5.56. The summed E-state index contributed by atoms with van der Waals surface area (Å²) < 4.78 is 10.9. The monoisotopic (exact) mass is 207 g/mol. The Balaban J connectivity index is 2.05. The maximum absolute atomic E-state index is 5.82. The predicted octanol–water partition coefficient (Wildman–Crippen LogP) is 2.60.